The highest BCUT2D eigenvalue weighted by Crippen LogP contribution is 2.18. The van der Waals surface area contributed by atoms with Crippen molar-refractivity contribution in [2.45, 2.75) is 19.6 Å². The van der Waals surface area contributed by atoms with Crippen molar-refractivity contribution in [3.8, 4) is 11.5 Å². The van der Waals surface area contributed by atoms with Gasteiger partial charge in [-0.3, -0.25) is 30.6 Å². The van der Waals surface area contributed by atoms with E-state index in [9.17, 15) is 19.7 Å². The van der Waals surface area contributed by atoms with E-state index in [0.717, 1.165) is 5.56 Å². The number of hydrogen-bond donors (Lipinski definition) is 2. The van der Waals surface area contributed by atoms with Crippen LogP contribution in [-0.2, 0) is 11.4 Å². The second-order valence-electron chi connectivity index (χ2n) is 6.75. The van der Waals surface area contributed by atoms with Gasteiger partial charge < -0.3 is 9.47 Å². The number of hydrogen-bond acceptors (Lipinski definition) is 6. The number of amides is 2. The first kappa shape index (κ1) is 22.3. The van der Waals surface area contributed by atoms with Crippen LogP contribution in [0.4, 0.5) is 5.69 Å². The summed E-state index contributed by atoms with van der Waals surface area (Å²) < 4.78 is 11.1. The van der Waals surface area contributed by atoms with E-state index in [1.165, 1.54) is 31.2 Å². The third-order valence-electron chi connectivity index (χ3n) is 4.39. The molecule has 32 heavy (non-hydrogen) atoms. The largest absolute Gasteiger partial charge is 0.489 e. The summed E-state index contributed by atoms with van der Waals surface area (Å²) in [6.45, 7) is 1.90. The van der Waals surface area contributed by atoms with Crippen LogP contribution in [0, 0.1) is 10.1 Å². The lowest BCUT2D eigenvalue weighted by molar-refractivity contribution is -0.384. The molecular formula is C23H21N3O6. The fourth-order valence-electron chi connectivity index (χ4n) is 2.64. The highest BCUT2D eigenvalue weighted by molar-refractivity contribution is 5.95. The lowest BCUT2D eigenvalue weighted by Gasteiger charge is -2.15. The van der Waals surface area contributed by atoms with E-state index >= 15 is 0 Å². The van der Waals surface area contributed by atoms with Crippen molar-refractivity contribution in [2.75, 3.05) is 0 Å². The minimum absolute atomic E-state index is 0.0850. The lowest BCUT2D eigenvalue weighted by atomic mass is 10.2. The summed E-state index contributed by atoms with van der Waals surface area (Å²) in [5.74, 6) is -0.190. The molecule has 0 radical (unpaired) electrons. The molecule has 9 nitrogen and oxygen atoms in total. The van der Waals surface area contributed by atoms with Gasteiger partial charge in [0.2, 0.25) is 0 Å². The van der Waals surface area contributed by atoms with Gasteiger partial charge in [0.25, 0.3) is 17.5 Å². The molecule has 164 valence electrons. The number of nitrogens with zero attached hydrogens (tertiary/aromatic N) is 1. The SMILES string of the molecule is CC(Oc1ccc([N+](=O)[O-])cc1)C(=O)NNC(=O)c1ccc(OCc2ccccc2)cc1. The molecular weight excluding hydrogens is 414 g/mol. The first-order chi connectivity index (χ1) is 15.4. The Kier molecular flexibility index (Phi) is 7.37. The molecule has 0 fully saturated rings. The Labute approximate surface area is 184 Å². The number of nitro groups is 1. The van der Waals surface area contributed by atoms with Crippen LogP contribution in [0.5, 0.6) is 11.5 Å². The van der Waals surface area contributed by atoms with Gasteiger partial charge in [0.1, 0.15) is 18.1 Å². The molecule has 2 amide bonds. The van der Waals surface area contributed by atoms with Crippen molar-refractivity contribution in [3.63, 3.8) is 0 Å². The minimum Gasteiger partial charge on any atom is -0.489 e. The number of benzene rings is 3. The fourth-order valence-corrected chi connectivity index (χ4v) is 2.64. The van der Waals surface area contributed by atoms with Crippen molar-refractivity contribution in [1.29, 1.82) is 0 Å². The fraction of sp³-hybridized carbons (Fsp3) is 0.130. The van der Waals surface area contributed by atoms with Gasteiger partial charge in [-0.2, -0.15) is 0 Å². The Morgan fingerprint density at radius 3 is 2.16 bits per heavy atom. The van der Waals surface area contributed by atoms with Gasteiger partial charge in [-0.15, -0.1) is 0 Å². The maximum atomic E-state index is 12.3. The zero-order valence-electron chi connectivity index (χ0n) is 17.2. The molecule has 3 aromatic carbocycles. The number of carbonyl (C=O) groups excluding carboxylic acids is 2. The molecule has 0 saturated carbocycles. The smallest absolute Gasteiger partial charge is 0.279 e. The third-order valence-corrected chi connectivity index (χ3v) is 4.39. The van der Waals surface area contributed by atoms with E-state index in [2.05, 4.69) is 10.9 Å². The summed E-state index contributed by atoms with van der Waals surface area (Å²) in [6, 6.07) is 21.5. The highest BCUT2D eigenvalue weighted by Gasteiger charge is 2.16. The Balaban J connectivity index is 1.45. The quantitative estimate of drug-likeness (QED) is 0.413. The molecule has 0 bridgehead atoms. The maximum Gasteiger partial charge on any atom is 0.279 e. The van der Waals surface area contributed by atoms with Crippen molar-refractivity contribution in [3.05, 3.63) is 100 Å². The zero-order chi connectivity index (χ0) is 22.9. The van der Waals surface area contributed by atoms with Crippen LogP contribution in [0.25, 0.3) is 0 Å². The molecule has 1 atom stereocenters. The lowest BCUT2D eigenvalue weighted by Crippen LogP contribution is -2.47. The molecule has 3 aromatic rings. The Morgan fingerprint density at radius 1 is 0.906 bits per heavy atom. The Morgan fingerprint density at radius 2 is 1.53 bits per heavy atom. The molecule has 0 heterocycles. The van der Waals surface area contributed by atoms with Crippen molar-refractivity contribution < 1.29 is 24.0 Å². The molecule has 0 saturated heterocycles. The van der Waals surface area contributed by atoms with Crippen molar-refractivity contribution in [1.82, 2.24) is 10.9 Å². The second kappa shape index (κ2) is 10.6. The van der Waals surface area contributed by atoms with E-state index in [1.807, 2.05) is 30.3 Å². The van der Waals surface area contributed by atoms with Crippen molar-refractivity contribution >= 4 is 17.5 Å². The first-order valence-electron chi connectivity index (χ1n) is 9.70. The number of nitro benzene ring substituents is 1. The average molecular weight is 435 g/mol. The van der Waals surface area contributed by atoms with E-state index in [0.29, 0.717) is 17.9 Å². The van der Waals surface area contributed by atoms with Crippen LogP contribution in [-0.4, -0.2) is 22.8 Å². The van der Waals surface area contributed by atoms with Gasteiger partial charge in [-0.1, -0.05) is 30.3 Å². The summed E-state index contributed by atoms with van der Waals surface area (Å²) in [7, 11) is 0. The molecule has 0 aliphatic carbocycles. The zero-order valence-corrected chi connectivity index (χ0v) is 17.2. The van der Waals surface area contributed by atoms with Gasteiger partial charge in [-0.05, 0) is 48.9 Å². The number of ether oxygens (including phenoxy) is 2. The topological polar surface area (TPSA) is 120 Å². The maximum absolute atomic E-state index is 12.3. The van der Waals surface area contributed by atoms with Gasteiger partial charge in [0.05, 0.1) is 4.92 Å². The van der Waals surface area contributed by atoms with Crippen LogP contribution in [0.1, 0.15) is 22.8 Å². The number of non-ortho nitro benzene ring substituents is 1. The van der Waals surface area contributed by atoms with Crippen LogP contribution in [0.2, 0.25) is 0 Å². The number of hydrazine groups is 1. The summed E-state index contributed by atoms with van der Waals surface area (Å²) in [6.07, 6.45) is -0.939. The minimum atomic E-state index is -0.939. The average Bonchev–Trinajstić information content (AvgIpc) is 2.82. The van der Waals surface area contributed by atoms with Crippen LogP contribution >= 0.6 is 0 Å². The molecule has 0 aromatic heterocycles. The van der Waals surface area contributed by atoms with Gasteiger partial charge in [0, 0.05) is 17.7 Å². The summed E-state index contributed by atoms with van der Waals surface area (Å²) in [4.78, 5) is 34.5. The first-order valence-corrected chi connectivity index (χ1v) is 9.70. The number of carbonyl (C=O) groups is 2. The normalized spacial score (nSPS) is 11.2. The van der Waals surface area contributed by atoms with Gasteiger partial charge in [-0.25, -0.2) is 0 Å². The van der Waals surface area contributed by atoms with Gasteiger partial charge in [0.15, 0.2) is 6.10 Å². The number of rotatable bonds is 8. The third kappa shape index (κ3) is 6.30. The highest BCUT2D eigenvalue weighted by atomic mass is 16.6. The number of nitrogens with one attached hydrogen (secondary N) is 2. The standard InChI is InChI=1S/C23H21N3O6/c1-16(32-21-13-9-19(10-14-21)26(29)30)22(27)24-25-23(28)18-7-11-20(12-8-18)31-15-17-5-3-2-4-6-17/h2-14,16H,15H2,1H3,(H,24,27)(H,25,28). The molecule has 1 unspecified atom stereocenters. The van der Waals surface area contributed by atoms with Crippen LogP contribution in [0.15, 0.2) is 78.9 Å². The van der Waals surface area contributed by atoms with E-state index in [1.54, 1.807) is 24.3 Å². The summed E-state index contributed by atoms with van der Waals surface area (Å²) in [5, 5.41) is 10.7. The van der Waals surface area contributed by atoms with Crippen molar-refractivity contribution in [2.24, 2.45) is 0 Å². The Bertz CT molecular complexity index is 1070. The van der Waals surface area contributed by atoms with Gasteiger partial charge >= 0.3 is 0 Å². The predicted octanol–water partition coefficient (Wildman–Crippen LogP) is 3.40. The van der Waals surface area contributed by atoms with Crippen LogP contribution in [0.3, 0.4) is 0 Å². The van der Waals surface area contributed by atoms with E-state index in [-0.39, 0.29) is 11.4 Å². The molecule has 3 rings (SSSR count). The van der Waals surface area contributed by atoms with E-state index < -0.39 is 22.8 Å². The monoisotopic (exact) mass is 435 g/mol. The predicted molar refractivity (Wildman–Crippen MR) is 116 cm³/mol. The molecule has 0 spiro atoms. The molecule has 2 N–H and O–H groups in total. The summed E-state index contributed by atoms with van der Waals surface area (Å²) in [5.41, 5.74) is 5.89. The summed E-state index contributed by atoms with van der Waals surface area (Å²) >= 11 is 0. The van der Waals surface area contributed by atoms with E-state index in [4.69, 9.17) is 9.47 Å². The Hall–Kier alpha value is -4.40. The molecule has 0 aliphatic rings. The van der Waals surface area contributed by atoms with Crippen LogP contribution < -0.4 is 20.3 Å². The molecule has 9 heteroatoms. The molecule has 0 aliphatic heterocycles. The second-order valence-corrected chi connectivity index (χ2v) is 6.75.